The number of aromatic nitrogens is 3. The molecule has 0 spiro atoms. The number of rotatable bonds is 8. The Labute approximate surface area is 203 Å². The molecule has 4 rings (SSSR count). The number of fused-ring (bicyclic) bond motifs is 1. The van der Waals surface area contributed by atoms with Gasteiger partial charge in [-0.2, -0.15) is 0 Å². The molecule has 8 heteroatoms. The van der Waals surface area contributed by atoms with E-state index in [0.29, 0.717) is 12.5 Å². The van der Waals surface area contributed by atoms with Gasteiger partial charge >= 0.3 is 0 Å². The van der Waals surface area contributed by atoms with Gasteiger partial charge in [0.1, 0.15) is 5.52 Å². The Bertz CT molecular complexity index is 1270. The zero-order valence-corrected chi connectivity index (χ0v) is 21.0. The van der Waals surface area contributed by atoms with Crippen molar-refractivity contribution in [1.82, 2.24) is 24.8 Å². The average molecular weight is 475 g/mol. The van der Waals surface area contributed by atoms with Crippen molar-refractivity contribution >= 4 is 34.0 Å². The second-order valence-corrected chi connectivity index (χ2v) is 9.98. The van der Waals surface area contributed by atoms with Gasteiger partial charge in [0.2, 0.25) is 5.95 Å². The number of benzene rings is 3. The number of hydrogen-bond donors (Lipinski definition) is 2. The van der Waals surface area contributed by atoms with Gasteiger partial charge in [-0.25, -0.2) is 4.98 Å². The summed E-state index contributed by atoms with van der Waals surface area (Å²) in [5.41, 5.74) is 8.24. The lowest BCUT2D eigenvalue weighted by Gasteiger charge is -2.14. The molecule has 4 aromatic rings. The Morgan fingerprint density at radius 2 is 1.62 bits per heavy atom. The quantitative estimate of drug-likeness (QED) is 0.363. The molecule has 0 fully saturated rings. The van der Waals surface area contributed by atoms with Crippen molar-refractivity contribution in [1.29, 1.82) is 0 Å². The summed E-state index contributed by atoms with van der Waals surface area (Å²) < 4.78 is 15.4. The summed E-state index contributed by atoms with van der Waals surface area (Å²) in [5, 5.41) is 11.9. The maximum Gasteiger partial charge on any atom is 0.247 e. The summed E-state index contributed by atoms with van der Waals surface area (Å²) in [6.45, 7) is 7.77. The van der Waals surface area contributed by atoms with Crippen LogP contribution in [0.2, 0.25) is 0 Å². The Balaban J connectivity index is 1.52. The second-order valence-electron chi connectivity index (χ2n) is 8.68. The van der Waals surface area contributed by atoms with E-state index in [-0.39, 0.29) is 0 Å². The lowest BCUT2D eigenvalue weighted by molar-refractivity contribution is 0.412. The molecule has 0 amide bonds. The molecule has 0 aliphatic rings. The first-order chi connectivity index (χ1) is 16.3. The Kier molecular flexibility index (Phi) is 7.43. The normalized spacial score (nSPS) is 12.3. The van der Waals surface area contributed by atoms with E-state index in [1.807, 2.05) is 50.2 Å². The maximum atomic E-state index is 12.4. The molecule has 7 nitrogen and oxygen atoms in total. The third kappa shape index (κ3) is 5.53. The third-order valence-corrected chi connectivity index (χ3v) is 6.80. The van der Waals surface area contributed by atoms with Gasteiger partial charge in [0.25, 0.3) is 0 Å². The number of hydrogen-bond acceptors (Lipinski definition) is 7. The molecular formula is C26H30N6OS. The van der Waals surface area contributed by atoms with Gasteiger partial charge in [-0.1, -0.05) is 18.2 Å². The number of nitrogens with zero attached hydrogens (tertiary/aromatic N) is 4. The summed E-state index contributed by atoms with van der Waals surface area (Å²) >= 11 is -1.25. The number of likely N-dealkylation sites (N-methyl/N-ethyl adjacent to an activating group) is 1. The van der Waals surface area contributed by atoms with Crippen LogP contribution in [-0.4, -0.2) is 51.8 Å². The molecular weight excluding hydrogens is 444 g/mol. The average Bonchev–Trinajstić information content (AvgIpc) is 2.79. The fourth-order valence-electron chi connectivity index (χ4n) is 3.92. The summed E-state index contributed by atoms with van der Waals surface area (Å²) in [4.78, 5) is 7.46. The first-order valence-electron chi connectivity index (χ1n) is 11.2. The van der Waals surface area contributed by atoms with E-state index in [1.54, 1.807) is 0 Å². The van der Waals surface area contributed by atoms with Crippen molar-refractivity contribution in [3.05, 3.63) is 71.3 Å². The van der Waals surface area contributed by atoms with Gasteiger partial charge in [-0.3, -0.25) is 0 Å². The highest BCUT2D eigenvalue weighted by Crippen LogP contribution is 2.31. The van der Waals surface area contributed by atoms with E-state index in [0.717, 1.165) is 39.3 Å². The van der Waals surface area contributed by atoms with Crippen LogP contribution in [0.15, 0.2) is 59.5 Å². The summed E-state index contributed by atoms with van der Waals surface area (Å²) in [6, 6.07) is 17.9. The number of anilines is 2. The fourth-order valence-corrected chi connectivity index (χ4v) is 4.74. The van der Waals surface area contributed by atoms with E-state index in [2.05, 4.69) is 64.4 Å². The molecule has 0 aliphatic carbocycles. The monoisotopic (exact) mass is 474 g/mol. The molecule has 1 aromatic heterocycles. The van der Waals surface area contributed by atoms with Crippen molar-refractivity contribution < 1.29 is 4.55 Å². The van der Waals surface area contributed by atoms with Crippen molar-refractivity contribution in [3.8, 4) is 11.1 Å². The lowest BCUT2D eigenvalue weighted by atomic mass is 9.94. The number of nitrogens with one attached hydrogen (secondary N) is 2. The molecule has 176 valence electrons. The lowest BCUT2D eigenvalue weighted by Crippen LogP contribution is -2.31. The van der Waals surface area contributed by atoms with Crippen LogP contribution in [0.25, 0.3) is 22.2 Å². The predicted molar refractivity (Wildman–Crippen MR) is 140 cm³/mol. The molecule has 0 bridgehead atoms. The van der Waals surface area contributed by atoms with Crippen LogP contribution in [0.4, 0.5) is 11.6 Å². The van der Waals surface area contributed by atoms with E-state index in [4.69, 9.17) is 4.98 Å². The minimum Gasteiger partial charge on any atom is -0.593 e. The summed E-state index contributed by atoms with van der Waals surface area (Å²) in [5.74, 6) is 0.424. The smallest absolute Gasteiger partial charge is 0.247 e. The molecule has 1 atom stereocenters. The number of aryl methyl sites for hydroxylation is 3. The fraction of sp³-hybridized carbons (Fsp3) is 0.269. The van der Waals surface area contributed by atoms with Crippen molar-refractivity contribution in [2.45, 2.75) is 25.7 Å². The molecule has 0 saturated heterocycles. The van der Waals surface area contributed by atoms with Crippen LogP contribution in [0.3, 0.4) is 0 Å². The van der Waals surface area contributed by atoms with Crippen LogP contribution in [0.5, 0.6) is 0 Å². The van der Waals surface area contributed by atoms with Crippen LogP contribution >= 0.6 is 0 Å². The minimum absolute atomic E-state index is 0.424. The molecule has 0 saturated carbocycles. The van der Waals surface area contributed by atoms with Crippen LogP contribution in [0.1, 0.15) is 16.7 Å². The highest BCUT2D eigenvalue weighted by molar-refractivity contribution is 7.89. The second kappa shape index (κ2) is 10.5. The van der Waals surface area contributed by atoms with Gasteiger partial charge < -0.3 is 14.8 Å². The Hall–Kier alpha value is -3.04. The van der Waals surface area contributed by atoms with Crippen molar-refractivity contribution in [2.24, 2.45) is 0 Å². The van der Waals surface area contributed by atoms with E-state index in [9.17, 15) is 4.55 Å². The Morgan fingerprint density at radius 3 is 2.29 bits per heavy atom. The molecule has 1 heterocycles. The zero-order valence-electron chi connectivity index (χ0n) is 20.2. The maximum absolute atomic E-state index is 12.4. The molecule has 1 unspecified atom stereocenters. The highest BCUT2D eigenvalue weighted by Gasteiger charge is 2.13. The van der Waals surface area contributed by atoms with E-state index < -0.39 is 11.4 Å². The van der Waals surface area contributed by atoms with E-state index >= 15 is 0 Å². The standard InChI is InChI=1S/C26H30N6OS/c1-17-7-6-8-18(2)24(17)20-15-19(3)25-23(16-20)30-31-26(29-25)28-21-9-11-22(12-10-21)34(33)27-13-14-32(4)5/h6-12,15-16,27H,13-14H2,1-5H3,(H,28,29,31). The van der Waals surface area contributed by atoms with Crippen LogP contribution in [-0.2, 0) is 11.4 Å². The summed E-state index contributed by atoms with van der Waals surface area (Å²) in [6.07, 6.45) is 0. The van der Waals surface area contributed by atoms with Crippen LogP contribution in [0, 0.1) is 20.8 Å². The van der Waals surface area contributed by atoms with E-state index in [1.165, 1.54) is 16.7 Å². The topological polar surface area (TPSA) is 89.0 Å². The SMILES string of the molecule is Cc1cccc(C)c1-c1cc(C)c2nc(Nc3ccc([S+]([O-])NCCN(C)C)cc3)nnc2c1. The Morgan fingerprint density at radius 1 is 0.912 bits per heavy atom. The first-order valence-corrected chi connectivity index (χ1v) is 12.4. The van der Waals surface area contributed by atoms with Gasteiger partial charge in [0.15, 0.2) is 4.90 Å². The molecule has 0 aliphatic heterocycles. The van der Waals surface area contributed by atoms with Gasteiger partial charge in [0.05, 0.1) is 23.4 Å². The molecule has 2 N–H and O–H groups in total. The van der Waals surface area contributed by atoms with Gasteiger partial charge in [0, 0.05) is 12.2 Å². The van der Waals surface area contributed by atoms with Crippen LogP contribution < -0.4 is 10.0 Å². The first kappa shape index (κ1) is 24.1. The predicted octanol–water partition coefficient (Wildman–Crippen LogP) is 4.53. The minimum atomic E-state index is -1.25. The highest BCUT2D eigenvalue weighted by atomic mass is 32.2. The largest absolute Gasteiger partial charge is 0.593 e. The van der Waals surface area contributed by atoms with Crippen molar-refractivity contribution in [2.75, 3.05) is 32.5 Å². The third-order valence-electron chi connectivity index (χ3n) is 5.64. The molecule has 3 aromatic carbocycles. The summed E-state index contributed by atoms with van der Waals surface area (Å²) in [7, 11) is 3.97. The zero-order chi connectivity index (χ0) is 24.2. The molecule has 0 radical (unpaired) electrons. The molecule has 34 heavy (non-hydrogen) atoms. The van der Waals surface area contributed by atoms with Gasteiger partial charge in [-0.15, -0.1) is 14.9 Å². The van der Waals surface area contributed by atoms with Gasteiger partial charge in [-0.05, 0) is 99.1 Å². The van der Waals surface area contributed by atoms with Crippen molar-refractivity contribution in [3.63, 3.8) is 0 Å².